The molecule has 4 heteroatoms. The van der Waals surface area contributed by atoms with Crippen molar-refractivity contribution >= 4 is 0 Å². The van der Waals surface area contributed by atoms with Gasteiger partial charge < -0.3 is 19.9 Å². The lowest BCUT2D eigenvalue weighted by molar-refractivity contribution is 0.174. The minimum atomic E-state index is 0.220. The van der Waals surface area contributed by atoms with E-state index in [0.29, 0.717) is 18.0 Å². The second-order valence-electron chi connectivity index (χ2n) is 3.69. The minimum absolute atomic E-state index is 0.220. The van der Waals surface area contributed by atoms with Crippen LogP contribution in [-0.4, -0.2) is 18.4 Å². The van der Waals surface area contributed by atoms with Crippen LogP contribution in [0.2, 0.25) is 0 Å². The van der Waals surface area contributed by atoms with Gasteiger partial charge in [0, 0.05) is 31.1 Å². The molecule has 4 nitrogen and oxygen atoms in total. The number of phenolic OH excluding ortho intramolecular Hbond substituents is 1. The highest BCUT2D eigenvalue weighted by molar-refractivity contribution is 5.51. The van der Waals surface area contributed by atoms with Gasteiger partial charge >= 0.3 is 0 Å². The largest absolute Gasteiger partial charge is 0.507 e. The maximum atomic E-state index is 9.77. The molecule has 2 N–H and O–H groups in total. The number of hydrogen-bond donors (Lipinski definition) is 2. The number of phenols is 1. The first-order chi connectivity index (χ1) is 8.31. The van der Waals surface area contributed by atoms with Crippen molar-refractivity contribution in [1.82, 2.24) is 5.32 Å². The molecular formula is C13H15NO3. The van der Waals surface area contributed by atoms with E-state index in [0.717, 1.165) is 18.5 Å². The summed E-state index contributed by atoms with van der Waals surface area (Å²) in [5, 5.41) is 13.0. The van der Waals surface area contributed by atoms with Gasteiger partial charge in [0.25, 0.3) is 0 Å². The Labute approximate surface area is 101 Å². The van der Waals surface area contributed by atoms with Gasteiger partial charge in [-0.15, -0.1) is 11.8 Å². The van der Waals surface area contributed by atoms with Crippen LogP contribution in [0.5, 0.6) is 17.2 Å². The topological polar surface area (TPSA) is 50.7 Å². The van der Waals surface area contributed by atoms with Gasteiger partial charge in [-0.25, -0.2) is 0 Å². The maximum Gasteiger partial charge on any atom is 0.231 e. The van der Waals surface area contributed by atoms with Crippen molar-refractivity contribution < 1.29 is 14.6 Å². The van der Waals surface area contributed by atoms with Crippen LogP contribution in [-0.2, 0) is 6.54 Å². The number of aromatic hydroxyl groups is 1. The van der Waals surface area contributed by atoms with Crippen molar-refractivity contribution in [1.29, 1.82) is 0 Å². The molecule has 0 unspecified atom stereocenters. The normalized spacial score (nSPS) is 12.1. The molecule has 0 saturated carbocycles. The smallest absolute Gasteiger partial charge is 0.231 e. The third kappa shape index (κ3) is 2.83. The van der Waals surface area contributed by atoms with Gasteiger partial charge in [0.05, 0.1) is 0 Å². The summed E-state index contributed by atoms with van der Waals surface area (Å²) >= 11 is 0. The van der Waals surface area contributed by atoms with Crippen LogP contribution < -0.4 is 14.8 Å². The number of hydrogen-bond acceptors (Lipinski definition) is 4. The number of fused-ring (bicyclic) bond motifs is 1. The second kappa shape index (κ2) is 5.46. The number of benzene rings is 1. The molecule has 0 spiro atoms. The van der Waals surface area contributed by atoms with E-state index >= 15 is 0 Å². The zero-order valence-electron chi connectivity index (χ0n) is 9.75. The van der Waals surface area contributed by atoms with Crippen LogP contribution in [0.15, 0.2) is 12.1 Å². The van der Waals surface area contributed by atoms with Gasteiger partial charge in [-0.05, 0) is 13.0 Å². The molecule has 0 amide bonds. The molecule has 0 bridgehead atoms. The van der Waals surface area contributed by atoms with E-state index in [1.165, 1.54) is 0 Å². The third-order valence-corrected chi connectivity index (χ3v) is 2.49. The fourth-order valence-electron chi connectivity index (χ4n) is 1.61. The lowest BCUT2D eigenvalue weighted by Crippen LogP contribution is -2.14. The van der Waals surface area contributed by atoms with Crippen LogP contribution in [0.3, 0.4) is 0 Å². The molecule has 1 aromatic rings. The first kappa shape index (κ1) is 11.6. The highest BCUT2D eigenvalue weighted by atomic mass is 16.7. The number of ether oxygens (including phenoxy) is 2. The van der Waals surface area contributed by atoms with Crippen LogP contribution in [0.4, 0.5) is 0 Å². The van der Waals surface area contributed by atoms with Crippen molar-refractivity contribution in [3.8, 4) is 29.1 Å². The monoisotopic (exact) mass is 233 g/mol. The van der Waals surface area contributed by atoms with Crippen molar-refractivity contribution in [2.75, 3.05) is 13.3 Å². The summed E-state index contributed by atoms with van der Waals surface area (Å²) in [6, 6.07) is 3.39. The SMILES string of the molecule is CC#CCCNCc1cc2c(cc1O)OCO2. The highest BCUT2D eigenvalue weighted by Gasteiger charge is 2.16. The van der Waals surface area contributed by atoms with E-state index in [1.54, 1.807) is 12.1 Å². The first-order valence-electron chi connectivity index (χ1n) is 5.53. The second-order valence-corrected chi connectivity index (χ2v) is 3.69. The molecule has 1 aromatic carbocycles. The van der Waals surface area contributed by atoms with E-state index < -0.39 is 0 Å². The van der Waals surface area contributed by atoms with Gasteiger partial charge in [-0.3, -0.25) is 0 Å². The van der Waals surface area contributed by atoms with E-state index in [1.807, 2.05) is 6.92 Å². The standard InChI is InChI=1S/C13H15NO3/c1-2-3-4-5-14-8-10-6-12-13(7-11(10)15)17-9-16-12/h6-7,14-15H,4-5,8-9H2,1H3. The molecule has 0 atom stereocenters. The van der Waals surface area contributed by atoms with E-state index in [2.05, 4.69) is 17.2 Å². The Balaban J connectivity index is 1.93. The zero-order valence-corrected chi connectivity index (χ0v) is 9.75. The van der Waals surface area contributed by atoms with Crippen LogP contribution in [0.1, 0.15) is 18.9 Å². The van der Waals surface area contributed by atoms with Gasteiger partial charge in [0.1, 0.15) is 5.75 Å². The Kier molecular flexibility index (Phi) is 3.73. The molecule has 1 heterocycles. The molecular weight excluding hydrogens is 218 g/mol. The summed E-state index contributed by atoms with van der Waals surface area (Å²) in [4.78, 5) is 0. The van der Waals surface area contributed by atoms with Gasteiger partial charge in [0.2, 0.25) is 6.79 Å². The van der Waals surface area contributed by atoms with Crippen molar-refractivity contribution in [2.24, 2.45) is 0 Å². The van der Waals surface area contributed by atoms with Crippen LogP contribution in [0, 0.1) is 11.8 Å². The quantitative estimate of drug-likeness (QED) is 0.613. The Morgan fingerprint density at radius 3 is 2.88 bits per heavy atom. The fourth-order valence-corrected chi connectivity index (χ4v) is 1.61. The molecule has 0 aliphatic carbocycles. The molecule has 1 aliphatic rings. The summed E-state index contributed by atoms with van der Waals surface area (Å²) in [5.74, 6) is 7.32. The van der Waals surface area contributed by atoms with E-state index in [4.69, 9.17) is 9.47 Å². The van der Waals surface area contributed by atoms with Gasteiger partial charge in [-0.2, -0.15) is 0 Å². The predicted molar refractivity (Wildman–Crippen MR) is 64.0 cm³/mol. The summed E-state index contributed by atoms with van der Waals surface area (Å²) in [6.45, 7) is 3.43. The molecule has 90 valence electrons. The minimum Gasteiger partial charge on any atom is -0.507 e. The Hall–Kier alpha value is -1.86. The molecule has 0 radical (unpaired) electrons. The third-order valence-electron chi connectivity index (χ3n) is 2.49. The summed E-state index contributed by atoms with van der Waals surface area (Å²) in [6.07, 6.45) is 0.807. The number of rotatable bonds is 4. The van der Waals surface area contributed by atoms with E-state index in [-0.39, 0.29) is 12.5 Å². The Morgan fingerprint density at radius 1 is 1.35 bits per heavy atom. The highest BCUT2D eigenvalue weighted by Crippen LogP contribution is 2.37. The fraction of sp³-hybridized carbons (Fsp3) is 0.385. The first-order valence-corrected chi connectivity index (χ1v) is 5.53. The van der Waals surface area contributed by atoms with Crippen molar-refractivity contribution in [3.05, 3.63) is 17.7 Å². The summed E-state index contributed by atoms with van der Waals surface area (Å²) < 4.78 is 10.4. The molecule has 0 fully saturated rings. The van der Waals surface area contributed by atoms with E-state index in [9.17, 15) is 5.11 Å². The molecule has 0 aromatic heterocycles. The van der Waals surface area contributed by atoms with Crippen molar-refractivity contribution in [3.63, 3.8) is 0 Å². The van der Waals surface area contributed by atoms with Gasteiger partial charge in [0.15, 0.2) is 11.5 Å². The van der Waals surface area contributed by atoms with Crippen LogP contribution >= 0.6 is 0 Å². The molecule has 1 aliphatic heterocycles. The van der Waals surface area contributed by atoms with Crippen molar-refractivity contribution in [2.45, 2.75) is 19.9 Å². The number of nitrogens with one attached hydrogen (secondary N) is 1. The van der Waals surface area contributed by atoms with Gasteiger partial charge in [-0.1, -0.05) is 0 Å². The lowest BCUT2D eigenvalue weighted by Gasteiger charge is -2.07. The molecule has 2 rings (SSSR count). The Bertz CT molecular complexity index is 460. The maximum absolute atomic E-state index is 9.77. The predicted octanol–water partition coefficient (Wildman–Crippen LogP) is 1.62. The lowest BCUT2D eigenvalue weighted by atomic mass is 10.1. The zero-order chi connectivity index (χ0) is 12.1. The average Bonchev–Trinajstić information content (AvgIpc) is 2.76. The summed E-state index contributed by atoms with van der Waals surface area (Å²) in [7, 11) is 0. The summed E-state index contributed by atoms with van der Waals surface area (Å²) in [5.41, 5.74) is 0.804. The molecule has 17 heavy (non-hydrogen) atoms. The average molecular weight is 233 g/mol. The Morgan fingerprint density at radius 2 is 2.12 bits per heavy atom. The van der Waals surface area contributed by atoms with Crippen LogP contribution in [0.25, 0.3) is 0 Å². The molecule has 0 saturated heterocycles.